The van der Waals surface area contributed by atoms with E-state index in [4.69, 9.17) is 0 Å². The van der Waals surface area contributed by atoms with Crippen molar-refractivity contribution in [3.8, 4) is 0 Å². The molecular weight excluding hydrogens is 175 g/mol. The third-order valence-corrected chi connectivity index (χ3v) is 1.91. The largest absolute Gasteiger partial charge is 0.342 e. The van der Waals surface area contributed by atoms with Gasteiger partial charge in [0.25, 0.3) is 0 Å². The van der Waals surface area contributed by atoms with E-state index in [0.29, 0.717) is 6.04 Å². The van der Waals surface area contributed by atoms with Crippen molar-refractivity contribution in [2.45, 2.75) is 25.3 Å². The maximum absolute atomic E-state index is 3.79. The van der Waals surface area contributed by atoms with Gasteiger partial charge in [-0.3, -0.25) is 0 Å². The molecule has 0 spiro atoms. The molecule has 11 heavy (non-hydrogen) atoms. The molecular formula is C8H17N2V-. The molecule has 1 rings (SSSR count). The Morgan fingerprint density at radius 3 is 2.91 bits per heavy atom. The van der Waals surface area contributed by atoms with Gasteiger partial charge in [0, 0.05) is 31.1 Å². The molecule has 3 heteroatoms. The average Bonchev–Trinajstić information content (AvgIpc) is 2.03. The van der Waals surface area contributed by atoms with Crippen LogP contribution in [0.4, 0.5) is 0 Å². The topological polar surface area (TPSA) is 24.1 Å². The standard InChI is InChI=1S/C8H17N2.V/c1-2-5-10-8-4-3-6-9-7-8;/h8-10H,1-7H2;/q-1;. The van der Waals surface area contributed by atoms with Crippen molar-refractivity contribution in [1.82, 2.24) is 10.6 Å². The van der Waals surface area contributed by atoms with Gasteiger partial charge >= 0.3 is 0 Å². The second-order valence-corrected chi connectivity index (χ2v) is 2.85. The quantitative estimate of drug-likeness (QED) is 0.638. The van der Waals surface area contributed by atoms with Crippen LogP contribution < -0.4 is 10.6 Å². The molecule has 65 valence electrons. The molecule has 1 atom stereocenters. The summed E-state index contributed by atoms with van der Waals surface area (Å²) in [6, 6.07) is 0.704. The van der Waals surface area contributed by atoms with E-state index in [1.165, 1.54) is 19.4 Å². The minimum absolute atomic E-state index is 0. The second-order valence-electron chi connectivity index (χ2n) is 2.85. The Morgan fingerprint density at radius 1 is 1.55 bits per heavy atom. The Balaban J connectivity index is 0.000001000. The Hall–Kier alpha value is 0.504. The molecule has 0 aliphatic carbocycles. The van der Waals surface area contributed by atoms with E-state index in [-0.39, 0.29) is 18.6 Å². The summed E-state index contributed by atoms with van der Waals surface area (Å²) in [5.41, 5.74) is 0. The van der Waals surface area contributed by atoms with E-state index in [9.17, 15) is 0 Å². The van der Waals surface area contributed by atoms with Gasteiger partial charge in [0.05, 0.1) is 0 Å². The number of hydrogen-bond donors (Lipinski definition) is 2. The summed E-state index contributed by atoms with van der Waals surface area (Å²) in [5.74, 6) is 0. The van der Waals surface area contributed by atoms with Crippen molar-refractivity contribution < 1.29 is 18.6 Å². The SMILES string of the molecule is [CH2-]CCNC1CCCNC1.[V]. The van der Waals surface area contributed by atoms with Gasteiger partial charge in [-0.1, -0.05) is 0 Å². The summed E-state index contributed by atoms with van der Waals surface area (Å²) >= 11 is 0. The van der Waals surface area contributed by atoms with Gasteiger partial charge in [-0.25, -0.2) is 0 Å². The van der Waals surface area contributed by atoms with Gasteiger partial charge in [-0.2, -0.15) is 6.42 Å². The van der Waals surface area contributed by atoms with Crippen molar-refractivity contribution in [3.63, 3.8) is 0 Å². The molecule has 1 radical (unpaired) electrons. The predicted octanol–water partition coefficient (Wildman–Crippen LogP) is 0.550. The van der Waals surface area contributed by atoms with E-state index in [0.717, 1.165) is 19.5 Å². The van der Waals surface area contributed by atoms with Crippen molar-refractivity contribution in [2.24, 2.45) is 0 Å². The molecule has 0 aromatic heterocycles. The summed E-state index contributed by atoms with van der Waals surface area (Å²) in [7, 11) is 0. The first kappa shape index (κ1) is 11.5. The third kappa shape index (κ3) is 4.86. The summed E-state index contributed by atoms with van der Waals surface area (Å²) in [6.07, 6.45) is 3.64. The fourth-order valence-electron chi connectivity index (χ4n) is 1.33. The van der Waals surface area contributed by atoms with Gasteiger partial charge < -0.3 is 17.6 Å². The average molecular weight is 192 g/mol. The monoisotopic (exact) mass is 192 g/mol. The molecule has 2 nitrogen and oxygen atoms in total. The smallest absolute Gasteiger partial charge is 0.0191 e. The molecule has 1 aliphatic heterocycles. The van der Waals surface area contributed by atoms with E-state index in [2.05, 4.69) is 17.6 Å². The Labute approximate surface area is 81.4 Å². The van der Waals surface area contributed by atoms with Crippen molar-refractivity contribution in [2.75, 3.05) is 19.6 Å². The third-order valence-electron chi connectivity index (χ3n) is 1.91. The molecule has 1 unspecified atom stereocenters. The van der Waals surface area contributed by atoms with Crippen molar-refractivity contribution >= 4 is 0 Å². The number of rotatable bonds is 3. The normalized spacial score (nSPS) is 24.3. The van der Waals surface area contributed by atoms with Crippen LogP contribution in [0, 0.1) is 6.92 Å². The van der Waals surface area contributed by atoms with Crippen LogP contribution in [0.1, 0.15) is 19.3 Å². The summed E-state index contributed by atoms with van der Waals surface area (Å²) in [4.78, 5) is 0. The van der Waals surface area contributed by atoms with Gasteiger partial charge in [0.2, 0.25) is 0 Å². The van der Waals surface area contributed by atoms with Crippen LogP contribution in [0.25, 0.3) is 0 Å². The van der Waals surface area contributed by atoms with E-state index in [1.54, 1.807) is 0 Å². The van der Waals surface area contributed by atoms with E-state index < -0.39 is 0 Å². The first-order valence-corrected chi connectivity index (χ1v) is 4.17. The molecule has 0 aromatic rings. The van der Waals surface area contributed by atoms with Gasteiger partial charge in [-0.15, -0.1) is 0 Å². The zero-order chi connectivity index (χ0) is 7.23. The first-order chi connectivity index (χ1) is 4.93. The van der Waals surface area contributed by atoms with E-state index >= 15 is 0 Å². The minimum atomic E-state index is 0. The fraction of sp³-hybridized carbons (Fsp3) is 0.875. The zero-order valence-electron chi connectivity index (χ0n) is 6.97. The molecule has 0 amide bonds. The van der Waals surface area contributed by atoms with Gasteiger partial charge in [-0.05, 0) is 25.9 Å². The number of hydrogen-bond acceptors (Lipinski definition) is 2. The maximum atomic E-state index is 3.79. The summed E-state index contributed by atoms with van der Waals surface area (Å²) < 4.78 is 0. The first-order valence-electron chi connectivity index (χ1n) is 4.17. The molecule has 1 saturated heterocycles. The van der Waals surface area contributed by atoms with Crippen LogP contribution in [-0.4, -0.2) is 25.7 Å². The van der Waals surface area contributed by atoms with Crippen LogP contribution in [0.2, 0.25) is 0 Å². The molecule has 0 bridgehead atoms. The number of nitrogens with one attached hydrogen (secondary N) is 2. The molecule has 1 aliphatic rings. The minimum Gasteiger partial charge on any atom is -0.342 e. The van der Waals surface area contributed by atoms with Crippen LogP contribution in [0.5, 0.6) is 0 Å². The Kier molecular flexibility index (Phi) is 7.50. The van der Waals surface area contributed by atoms with Crippen molar-refractivity contribution in [1.29, 1.82) is 0 Å². The van der Waals surface area contributed by atoms with Gasteiger partial charge in [0.1, 0.15) is 0 Å². The Bertz CT molecular complexity index is 82.2. The molecule has 1 fully saturated rings. The summed E-state index contributed by atoms with van der Waals surface area (Å²) in [5, 5.41) is 6.81. The zero-order valence-corrected chi connectivity index (χ0v) is 8.37. The molecule has 0 aromatic carbocycles. The number of piperidine rings is 1. The summed E-state index contributed by atoms with van der Waals surface area (Å²) in [6.45, 7) is 7.18. The maximum Gasteiger partial charge on any atom is 0.0191 e. The van der Waals surface area contributed by atoms with Crippen LogP contribution >= 0.6 is 0 Å². The fourth-order valence-corrected chi connectivity index (χ4v) is 1.33. The van der Waals surface area contributed by atoms with Crippen LogP contribution in [-0.2, 0) is 18.6 Å². The van der Waals surface area contributed by atoms with Crippen LogP contribution in [0.15, 0.2) is 0 Å². The molecule has 1 heterocycles. The van der Waals surface area contributed by atoms with Crippen LogP contribution in [0.3, 0.4) is 0 Å². The van der Waals surface area contributed by atoms with Gasteiger partial charge in [0.15, 0.2) is 0 Å². The van der Waals surface area contributed by atoms with E-state index in [1.807, 2.05) is 0 Å². The molecule has 2 N–H and O–H groups in total. The Morgan fingerprint density at radius 2 is 2.36 bits per heavy atom. The second kappa shape index (κ2) is 7.17. The van der Waals surface area contributed by atoms with Crippen molar-refractivity contribution in [3.05, 3.63) is 6.92 Å². The predicted molar refractivity (Wildman–Crippen MR) is 43.9 cm³/mol. The molecule has 0 saturated carbocycles.